The predicted octanol–water partition coefficient (Wildman–Crippen LogP) is 17.4. The molecule has 1 atom stereocenters. The average molecular weight is 889 g/mol. The van der Waals surface area contributed by atoms with E-state index in [1.54, 1.807) is 0 Å². The van der Waals surface area contributed by atoms with Crippen molar-refractivity contribution < 1.29 is 28.6 Å². The molecule has 0 aromatic carbocycles. The summed E-state index contributed by atoms with van der Waals surface area (Å²) >= 11 is 0. The van der Waals surface area contributed by atoms with Crippen LogP contribution in [0.3, 0.4) is 0 Å². The first-order chi connectivity index (χ1) is 31.5. The minimum Gasteiger partial charge on any atom is -0.462 e. The molecule has 0 N–H and O–H groups in total. The second kappa shape index (κ2) is 52.0. The van der Waals surface area contributed by atoms with Crippen molar-refractivity contribution in [2.45, 2.75) is 239 Å². The van der Waals surface area contributed by atoms with Gasteiger partial charge < -0.3 is 14.2 Å². The Morgan fingerprint density at radius 2 is 0.625 bits per heavy atom. The van der Waals surface area contributed by atoms with Gasteiger partial charge in [0.15, 0.2) is 6.10 Å². The zero-order chi connectivity index (χ0) is 46.5. The number of unbranched alkanes of at least 4 members (excludes halogenated alkanes) is 19. The smallest absolute Gasteiger partial charge is 0.306 e. The Balaban J connectivity index is 4.49. The number of rotatable bonds is 46. The summed E-state index contributed by atoms with van der Waals surface area (Å²) in [7, 11) is 0. The van der Waals surface area contributed by atoms with Gasteiger partial charge in [0.25, 0.3) is 0 Å². The lowest BCUT2D eigenvalue weighted by Crippen LogP contribution is -2.30. The summed E-state index contributed by atoms with van der Waals surface area (Å²) < 4.78 is 16.8. The van der Waals surface area contributed by atoms with Gasteiger partial charge >= 0.3 is 17.9 Å². The van der Waals surface area contributed by atoms with E-state index in [1.165, 1.54) is 44.9 Å². The summed E-state index contributed by atoms with van der Waals surface area (Å²) in [6.07, 6.45) is 68.1. The van der Waals surface area contributed by atoms with Gasteiger partial charge in [-0.2, -0.15) is 0 Å². The zero-order valence-corrected chi connectivity index (χ0v) is 41.5. The van der Waals surface area contributed by atoms with E-state index in [2.05, 4.69) is 118 Å². The standard InChI is InChI=1S/C58H96O6/c1-4-7-10-13-16-19-22-25-28-29-31-33-36-39-42-45-48-51-57(60)63-54-55(53-62-56(59)50-47-44-41-38-35-32-27-24-21-18-15-12-9-6-3)64-58(61)52-49-46-43-40-37-34-30-26-23-20-17-14-11-8-5-2/h8,11,15-20,24-28,30-31,33,55H,4-7,9-10,12-14,21-23,29,32,34-54H2,1-3H3/b11-8+,18-15+,19-16+,20-17+,27-24+,28-25+,30-26+,33-31+/t55-/m1/s1. The second-order valence-electron chi connectivity index (χ2n) is 17.0. The fourth-order valence-electron chi connectivity index (χ4n) is 6.83. The average Bonchev–Trinajstić information content (AvgIpc) is 3.29. The number of carbonyl (C=O) groups excluding carboxylic acids is 3. The third kappa shape index (κ3) is 49.3. The number of hydrogen-bond donors (Lipinski definition) is 0. The SMILES string of the molecule is CC/C=C/C/C=C/C/C=C/CCCCCCCC(=O)O[C@@H](COC(=O)CCCCCC/C=C/C/C=C/C/C=C/CCCCC)COC(=O)CCCCCCC/C=C/C/C=C/CCCC. The molecule has 64 heavy (non-hydrogen) atoms. The van der Waals surface area contributed by atoms with Crippen LogP contribution < -0.4 is 0 Å². The van der Waals surface area contributed by atoms with Crippen LogP contribution in [-0.2, 0) is 28.6 Å². The first-order valence-corrected chi connectivity index (χ1v) is 26.2. The van der Waals surface area contributed by atoms with Crippen LogP contribution >= 0.6 is 0 Å². The van der Waals surface area contributed by atoms with Crippen LogP contribution in [0, 0.1) is 0 Å². The molecular weight excluding hydrogens is 793 g/mol. The Morgan fingerprint density at radius 3 is 1.00 bits per heavy atom. The maximum absolute atomic E-state index is 12.8. The van der Waals surface area contributed by atoms with Crippen molar-refractivity contribution >= 4 is 17.9 Å². The Kier molecular flexibility index (Phi) is 49.0. The third-order valence-electron chi connectivity index (χ3n) is 10.8. The molecule has 0 aliphatic heterocycles. The van der Waals surface area contributed by atoms with Gasteiger partial charge in [0.1, 0.15) is 13.2 Å². The number of ether oxygens (including phenoxy) is 3. The molecule has 0 unspecified atom stereocenters. The highest BCUT2D eigenvalue weighted by atomic mass is 16.6. The van der Waals surface area contributed by atoms with Gasteiger partial charge in [-0.1, -0.05) is 195 Å². The van der Waals surface area contributed by atoms with Crippen LogP contribution in [0.5, 0.6) is 0 Å². The quantitative estimate of drug-likeness (QED) is 0.0262. The molecule has 0 rings (SSSR count). The number of esters is 3. The van der Waals surface area contributed by atoms with Crippen molar-refractivity contribution in [1.82, 2.24) is 0 Å². The van der Waals surface area contributed by atoms with E-state index in [-0.39, 0.29) is 31.1 Å². The number of carbonyl (C=O) groups is 3. The van der Waals surface area contributed by atoms with Crippen molar-refractivity contribution in [1.29, 1.82) is 0 Å². The predicted molar refractivity (Wildman–Crippen MR) is 274 cm³/mol. The molecule has 6 nitrogen and oxygen atoms in total. The Labute approximate surface area is 394 Å². The zero-order valence-electron chi connectivity index (χ0n) is 41.5. The van der Waals surface area contributed by atoms with Crippen molar-refractivity contribution in [3.05, 3.63) is 97.2 Å². The van der Waals surface area contributed by atoms with E-state index in [1.807, 2.05) is 0 Å². The third-order valence-corrected chi connectivity index (χ3v) is 10.8. The Hall–Kier alpha value is -3.67. The molecule has 0 fully saturated rings. The molecule has 0 heterocycles. The van der Waals surface area contributed by atoms with Gasteiger partial charge in [-0.3, -0.25) is 14.4 Å². The normalized spacial score (nSPS) is 12.9. The summed E-state index contributed by atoms with van der Waals surface area (Å²) in [5.41, 5.74) is 0. The van der Waals surface area contributed by atoms with Crippen molar-refractivity contribution in [2.24, 2.45) is 0 Å². The van der Waals surface area contributed by atoms with E-state index in [4.69, 9.17) is 14.2 Å². The van der Waals surface area contributed by atoms with Gasteiger partial charge in [0.05, 0.1) is 0 Å². The lowest BCUT2D eigenvalue weighted by Gasteiger charge is -2.18. The lowest BCUT2D eigenvalue weighted by atomic mass is 10.1. The Morgan fingerprint density at radius 1 is 0.328 bits per heavy atom. The molecular formula is C58H96O6. The molecule has 0 radical (unpaired) electrons. The minimum atomic E-state index is -0.802. The van der Waals surface area contributed by atoms with Crippen LogP contribution in [0.25, 0.3) is 0 Å². The van der Waals surface area contributed by atoms with Gasteiger partial charge in [-0.25, -0.2) is 0 Å². The summed E-state index contributed by atoms with van der Waals surface area (Å²) in [4.78, 5) is 38.0. The molecule has 0 spiro atoms. The molecule has 0 amide bonds. The van der Waals surface area contributed by atoms with E-state index in [0.29, 0.717) is 19.3 Å². The highest BCUT2D eigenvalue weighted by molar-refractivity contribution is 5.71. The molecule has 364 valence electrons. The lowest BCUT2D eigenvalue weighted by molar-refractivity contribution is -0.167. The molecule has 0 aliphatic carbocycles. The van der Waals surface area contributed by atoms with Crippen LogP contribution in [0.4, 0.5) is 0 Å². The molecule has 0 aromatic heterocycles. The summed E-state index contributed by atoms with van der Waals surface area (Å²) in [5, 5.41) is 0. The monoisotopic (exact) mass is 889 g/mol. The summed E-state index contributed by atoms with van der Waals surface area (Å²) in [6, 6.07) is 0. The van der Waals surface area contributed by atoms with Crippen LogP contribution in [0.1, 0.15) is 233 Å². The molecule has 6 heteroatoms. The highest BCUT2D eigenvalue weighted by Gasteiger charge is 2.19. The minimum absolute atomic E-state index is 0.101. The van der Waals surface area contributed by atoms with Crippen LogP contribution in [-0.4, -0.2) is 37.2 Å². The van der Waals surface area contributed by atoms with Crippen molar-refractivity contribution in [3.8, 4) is 0 Å². The number of allylic oxidation sites excluding steroid dienone is 16. The fraction of sp³-hybridized carbons (Fsp3) is 0.672. The van der Waals surface area contributed by atoms with Gasteiger partial charge in [-0.15, -0.1) is 0 Å². The second-order valence-corrected chi connectivity index (χ2v) is 17.0. The first-order valence-electron chi connectivity index (χ1n) is 26.2. The first kappa shape index (κ1) is 60.3. The largest absolute Gasteiger partial charge is 0.462 e. The van der Waals surface area contributed by atoms with E-state index >= 15 is 0 Å². The van der Waals surface area contributed by atoms with E-state index < -0.39 is 6.10 Å². The van der Waals surface area contributed by atoms with E-state index in [0.717, 1.165) is 148 Å². The summed E-state index contributed by atoms with van der Waals surface area (Å²) in [6.45, 7) is 6.40. The topological polar surface area (TPSA) is 78.9 Å². The van der Waals surface area contributed by atoms with Crippen LogP contribution in [0.2, 0.25) is 0 Å². The van der Waals surface area contributed by atoms with Gasteiger partial charge in [0.2, 0.25) is 0 Å². The van der Waals surface area contributed by atoms with Crippen LogP contribution in [0.15, 0.2) is 97.2 Å². The fourth-order valence-corrected chi connectivity index (χ4v) is 6.83. The van der Waals surface area contributed by atoms with Crippen molar-refractivity contribution in [3.63, 3.8) is 0 Å². The van der Waals surface area contributed by atoms with Gasteiger partial charge in [0, 0.05) is 19.3 Å². The molecule has 0 aromatic rings. The maximum Gasteiger partial charge on any atom is 0.306 e. The molecule has 0 saturated heterocycles. The summed E-state index contributed by atoms with van der Waals surface area (Å²) in [5.74, 6) is -0.955. The highest BCUT2D eigenvalue weighted by Crippen LogP contribution is 2.13. The molecule has 0 aliphatic rings. The maximum atomic E-state index is 12.8. The molecule has 0 bridgehead atoms. The van der Waals surface area contributed by atoms with E-state index in [9.17, 15) is 14.4 Å². The Bertz CT molecular complexity index is 1300. The van der Waals surface area contributed by atoms with Crippen molar-refractivity contribution in [2.75, 3.05) is 13.2 Å². The molecule has 0 saturated carbocycles. The van der Waals surface area contributed by atoms with Gasteiger partial charge in [-0.05, 0) is 116 Å². The number of hydrogen-bond acceptors (Lipinski definition) is 6.